The smallest absolute Gasteiger partial charge is 0.124 e. The van der Waals surface area contributed by atoms with Crippen LogP contribution in [-0.2, 0) is 0 Å². The van der Waals surface area contributed by atoms with Gasteiger partial charge in [-0.05, 0) is 44.1 Å². The molecule has 2 N–H and O–H groups in total. The van der Waals surface area contributed by atoms with Crippen molar-refractivity contribution in [2.45, 2.75) is 52.1 Å². The zero-order chi connectivity index (χ0) is 14.7. The predicted molar refractivity (Wildman–Crippen MR) is 82.2 cm³/mol. The Morgan fingerprint density at radius 2 is 1.85 bits per heavy atom. The van der Waals surface area contributed by atoms with E-state index in [1.165, 1.54) is 19.3 Å². The fourth-order valence-corrected chi connectivity index (χ4v) is 3.54. The van der Waals surface area contributed by atoms with Crippen molar-refractivity contribution in [3.8, 4) is 11.5 Å². The van der Waals surface area contributed by atoms with Crippen molar-refractivity contribution >= 4 is 0 Å². The van der Waals surface area contributed by atoms with Gasteiger partial charge in [-0.15, -0.1) is 0 Å². The number of hydrogen-bond acceptors (Lipinski definition) is 3. The molecule has 0 aromatic heterocycles. The van der Waals surface area contributed by atoms with Crippen LogP contribution in [0.15, 0.2) is 18.2 Å². The number of hydrogen-bond donors (Lipinski definition) is 2. The van der Waals surface area contributed by atoms with Crippen molar-refractivity contribution in [3.05, 3.63) is 23.8 Å². The van der Waals surface area contributed by atoms with E-state index in [9.17, 15) is 5.11 Å². The Bertz CT molecular complexity index is 437. The number of rotatable bonds is 4. The van der Waals surface area contributed by atoms with E-state index in [-0.39, 0.29) is 6.04 Å². The quantitative estimate of drug-likeness (QED) is 0.877. The highest BCUT2D eigenvalue weighted by Crippen LogP contribution is 2.32. The average Bonchev–Trinajstić information content (AvgIpc) is 2.36. The number of benzene rings is 1. The normalized spacial score (nSPS) is 28.1. The van der Waals surface area contributed by atoms with E-state index in [0.717, 1.165) is 17.4 Å². The molecule has 1 aliphatic rings. The Morgan fingerprint density at radius 1 is 1.20 bits per heavy atom. The van der Waals surface area contributed by atoms with Crippen molar-refractivity contribution in [1.82, 2.24) is 5.32 Å². The molecule has 0 radical (unpaired) electrons. The molecule has 1 fully saturated rings. The number of methoxy groups -OCH3 is 1. The van der Waals surface area contributed by atoms with Gasteiger partial charge in [0.15, 0.2) is 0 Å². The van der Waals surface area contributed by atoms with Crippen LogP contribution in [-0.4, -0.2) is 18.3 Å². The van der Waals surface area contributed by atoms with Gasteiger partial charge in [0.2, 0.25) is 0 Å². The summed E-state index contributed by atoms with van der Waals surface area (Å²) in [5.74, 6) is 2.57. The molecule has 2 rings (SSSR count). The fourth-order valence-electron chi connectivity index (χ4n) is 3.54. The third-order valence-corrected chi connectivity index (χ3v) is 4.37. The molecule has 0 saturated heterocycles. The van der Waals surface area contributed by atoms with Gasteiger partial charge in [0.1, 0.15) is 11.5 Å². The van der Waals surface area contributed by atoms with Crippen molar-refractivity contribution in [2.24, 2.45) is 11.8 Å². The van der Waals surface area contributed by atoms with Gasteiger partial charge in [-0.2, -0.15) is 0 Å². The van der Waals surface area contributed by atoms with E-state index in [1.807, 2.05) is 12.1 Å². The van der Waals surface area contributed by atoms with Crippen LogP contribution in [0.3, 0.4) is 0 Å². The van der Waals surface area contributed by atoms with Gasteiger partial charge in [0.25, 0.3) is 0 Å². The lowest BCUT2D eigenvalue weighted by Crippen LogP contribution is -2.37. The number of phenolic OH excluding ortho intramolecular Hbond substituents is 1. The number of ether oxygens (including phenoxy) is 1. The molecule has 0 aliphatic heterocycles. The monoisotopic (exact) mass is 277 g/mol. The Labute approximate surface area is 122 Å². The summed E-state index contributed by atoms with van der Waals surface area (Å²) in [5.41, 5.74) is 0.941. The van der Waals surface area contributed by atoms with E-state index >= 15 is 0 Å². The first kappa shape index (κ1) is 15.2. The van der Waals surface area contributed by atoms with Crippen molar-refractivity contribution < 1.29 is 9.84 Å². The summed E-state index contributed by atoms with van der Waals surface area (Å²) in [5, 5.41) is 13.8. The lowest BCUT2D eigenvalue weighted by atomic mass is 9.80. The highest BCUT2D eigenvalue weighted by atomic mass is 16.5. The molecule has 3 nitrogen and oxygen atoms in total. The Kier molecular flexibility index (Phi) is 4.92. The molecule has 3 unspecified atom stereocenters. The van der Waals surface area contributed by atoms with Gasteiger partial charge in [-0.25, -0.2) is 0 Å². The summed E-state index contributed by atoms with van der Waals surface area (Å²) in [6.07, 6.45) is 3.79. The maximum atomic E-state index is 10.1. The van der Waals surface area contributed by atoms with Crippen LogP contribution in [0.5, 0.6) is 11.5 Å². The maximum Gasteiger partial charge on any atom is 0.124 e. The average molecular weight is 277 g/mol. The minimum Gasteiger partial charge on any atom is -0.507 e. The van der Waals surface area contributed by atoms with Crippen LogP contribution < -0.4 is 10.1 Å². The lowest BCUT2D eigenvalue weighted by molar-refractivity contribution is 0.227. The predicted octanol–water partition coefficient (Wildman–Crippen LogP) is 3.88. The van der Waals surface area contributed by atoms with Crippen LogP contribution in [0.2, 0.25) is 0 Å². The van der Waals surface area contributed by atoms with Crippen molar-refractivity contribution in [2.75, 3.05) is 7.11 Å². The van der Waals surface area contributed by atoms with Gasteiger partial charge < -0.3 is 15.2 Å². The molecule has 0 heterocycles. The van der Waals surface area contributed by atoms with Gasteiger partial charge in [-0.1, -0.05) is 19.9 Å². The fraction of sp³-hybridized carbons (Fsp3) is 0.647. The standard InChI is InChI=1S/C17H27NO2/c1-11-7-12(2)9-14(8-11)18-13(3)16-6-5-15(20-4)10-17(16)19/h5-6,10-14,18-19H,7-9H2,1-4H3. The Morgan fingerprint density at radius 3 is 2.40 bits per heavy atom. The third-order valence-electron chi connectivity index (χ3n) is 4.37. The van der Waals surface area contributed by atoms with E-state index in [1.54, 1.807) is 13.2 Å². The van der Waals surface area contributed by atoms with Crippen LogP contribution >= 0.6 is 0 Å². The van der Waals surface area contributed by atoms with Gasteiger partial charge in [0.05, 0.1) is 7.11 Å². The van der Waals surface area contributed by atoms with Crippen LogP contribution in [0.25, 0.3) is 0 Å². The molecule has 0 spiro atoms. The van der Waals surface area contributed by atoms with E-state index in [0.29, 0.717) is 17.5 Å². The summed E-state index contributed by atoms with van der Waals surface area (Å²) in [6, 6.07) is 6.23. The first-order chi connectivity index (χ1) is 9.49. The highest BCUT2D eigenvalue weighted by Gasteiger charge is 2.25. The molecule has 20 heavy (non-hydrogen) atoms. The largest absolute Gasteiger partial charge is 0.507 e. The number of nitrogens with one attached hydrogen (secondary N) is 1. The summed E-state index contributed by atoms with van der Waals surface area (Å²) in [6.45, 7) is 6.78. The van der Waals surface area contributed by atoms with E-state index in [4.69, 9.17) is 4.74 Å². The molecule has 3 heteroatoms. The Balaban J connectivity index is 2.02. The molecule has 0 bridgehead atoms. The van der Waals surface area contributed by atoms with Crippen LogP contribution in [0, 0.1) is 11.8 Å². The van der Waals surface area contributed by atoms with Gasteiger partial charge >= 0.3 is 0 Å². The molecule has 1 aromatic rings. The summed E-state index contributed by atoms with van der Waals surface area (Å²) >= 11 is 0. The van der Waals surface area contributed by atoms with Gasteiger partial charge in [-0.3, -0.25) is 0 Å². The Hall–Kier alpha value is -1.22. The second kappa shape index (κ2) is 6.49. The van der Waals surface area contributed by atoms with E-state index in [2.05, 4.69) is 26.1 Å². The van der Waals surface area contributed by atoms with Crippen LogP contribution in [0.4, 0.5) is 0 Å². The maximum absolute atomic E-state index is 10.1. The second-order valence-corrected chi connectivity index (χ2v) is 6.43. The van der Waals surface area contributed by atoms with Crippen molar-refractivity contribution in [1.29, 1.82) is 0 Å². The number of aromatic hydroxyl groups is 1. The molecule has 1 aromatic carbocycles. The minimum atomic E-state index is 0.156. The molecule has 0 amide bonds. The summed E-state index contributed by atoms with van der Waals surface area (Å²) in [4.78, 5) is 0. The summed E-state index contributed by atoms with van der Waals surface area (Å²) < 4.78 is 5.13. The zero-order valence-electron chi connectivity index (χ0n) is 13.0. The molecule has 1 saturated carbocycles. The molecular weight excluding hydrogens is 250 g/mol. The SMILES string of the molecule is COc1ccc(C(C)NC2CC(C)CC(C)C2)c(O)c1. The molecular formula is C17H27NO2. The molecule has 3 atom stereocenters. The third kappa shape index (κ3) is 3.66. The highest BCUT2D eigenvalue weighted by molar-refractivity contribution is 5.41. The lowest BCUT2D eigenvalue weighted by Gasteiger charge is -2.34. The second-order valence-electron chi connectivity index (χ2n) is 6.43. The summed E-state index contributed by atoms with van der Waals surface area (Å²) in [7, 11) is 1.61. The van der Waals surface area contributed by atoms with Crippen molar-refractivity contribution in [3.63, 3.8) is 0 Å². The first-order valence-corrected chi connectivity index (χ1v) is 7.62. The van der Waals surface area contributed by atoms with Crippen LogP contribution in [0.1, 0.15) is 51.6 Å². The number of phenols is 1. The topological polar surface area (TPSA) is 41.5 Å². The first-order valence-electron chi connectivity index (χ1n) is 7.62. The minimum absolute atomic E-state index is 0.156. The molecule has 1 aliphatic carbocycles. The zero-order valence-corrected chi connectivity index (χ0v) is 13.0. The van der Waals surface area contributed by atoms with Gasteiger partial charge in [0, 0.05) is 23.7 Å². The molecule has 112 valence electrons. The van der Waals surface area contributed by atoms with E-state index < -0.39 is 0 Å².